The Balaban J connectivity index is 2.35. The maximum atomic E-state index is 12.6. The Kier molecular flexibility index (Phi) is 6.59. The molecular formula is C21H29NO6. The highest BCUT2D eigenvalue weighted by molar-refractivity contribution is 5.90. The summed E-state index contributed by atoms with van der Waals surface area (Å²) in [5.74, 6) is 0.693. The highest BCUT2D eigenvalue weighted by atomic mass is 16.6. The number of carbonyl (C=O) groups excluding carboxylic acids is 2. The summed E-state index contributed by atoms with van der Waals surface area (Å²) in [5, 5.41) is 0. The minimum Gasteiger partial charge on any atom is -0.493 e. The summed E-state index contributed by atoms with van der Waals surface area (Å²) in [7, 11) is 2.87. The molecule has 1 aromatic carbocycles. The fourth-order valence-electron chi connectivity index (χ4n) is 2.84. The molecule has 0 radical (unpaired) electrons. The van der Waals surface area contributed by atoms with E-state index in [4.69, 9.17) is 18.9 Å². The van der Waals surface area contributed by atoms with Gasteiger partial charge in [-0.15, -0.1) is 0 Å². The summed E-state index contributed by atoms with van der Waals surface area (Å²) in [6.07, 6.45) is 1.13. The topological polar surface area (TPSA) is 74.3 Å². The predicted octanol–water partition coefficient (Wildman–Crippen LogP) is 3.66. The minimum absolute atomic E-state index is 0.0252. The van der Waals surface area contributed by atoms with Gasteiger partial charge in [0.2, 0.25) is 0 Å². The van der Waals surface area contributed by atoms with E-state index in [1.165, 1.54) is 12.0 Å². The van der Waals surface area contributed by atoms with Gasteiger partial charge in [0, 0.05) is 0 Å². The Morgan fingerprint density at radius 3 is 2.36 bits per heavy atom. The van der Waals surface area contributed by atoms with Crippen LogP contribution in [0.5, 0.6) is 11.5 Å². The van der Waals surface area contributed by atoms with Gasteiger partial charge in [-0.25, -0.2) is 9.59 Å². The zero-order valence-corrected chi connectivity index (χ0v) is 17.6. The largest absolute Gasteiger partial charge is 0.493 e. The van der Waals surface area contributed by atoms with Gasteiger partial charge in [0.1, 0.15) is 5.60 Å². The quantitative estimate of drug-likeness (QED) is 0.713. The first-order valence-corrected chi connectivity index (χ1v) is 9.19. The Hall–Kier alpha value is -2.70. The highest BCUT2D eigenvalue weighted by Gasteiger charge is 2.37. The fraction of sp³-hybridized carbons (Fsp3) is 0.524. The van der Waals surface area contributed by atoms with E-state index in [9.17, 15) is 9.59 Å². The Morgan fingerprint density at radius 2 is 1.82 bits per heavy atom. The number of amides is 1. The molecular weight excluding hydrogens is 362 g/mol. The summed E-state index contributed by atoms with van der Waals surface area (Å²) >= 11 is 0. The van der Waals surface area contributed by atoms with Gasteiger partial charge in [-0.3, -0.25) is 4.90 Å². The molecule has 1 atom stereocenters. The SMILES string of the molecule is COC(=O)C1C=C(c2ccc(OC)c(OC(C)C)c2)CN1C(=O)OC(C)(C)C. The maximum Gasteiger partial charge on any atom is 0.411 e. The van der Waals surface area contributed by atoms with Gasteiger partial charge in [0.05, 0.1) is 26.9 Å². The standard InChI is InChI=1S/C21H29NO6/c1-13(2)27-18-11-14(8-9-17(18)25-6)15-10-16(19(23)26-7)22(12-15)20(24)28-21(3,4)5/h8-11,13,16H,12H2,1-7H3. The summed E-state index contributed by atoms with van der Waals surface area (Å²) < 4.78 is 21.5. The third-order valence-corrected chi connectivity index (χ3v) is 4.00. The highest BCUT2D eigenvalue weighted by Crippen LogP contribution is 2.34. The van der Waals surface area contributed by atoms with Crippen LogP contribution in [0, 0.1) is 0 Å². The van der Waals surface area contributed by atoms with E-state index in [-0.39, 0.29) is 12.6 Å². The Morgan fingerprint density at radius 1 is 1.14 bits per heavy atom. The van der Waals surface area contributed by atoms with Crippen LogP contribution in [-0.2, 0) is 14.3 Å². The molecule has 0 aromatic heterocycles. The molecule has 1 amide bonds. The van der Waals surface area contributed by atoms with Gasteiger partial charge in [0.25, 0.3) is 0 Å². The number of hydrogen-bond acceptors (Lipinski definition) is 6. The van der Waals surface area contributed by atoms with Crippen molar-refractivity contribution in [2.75, 3.05) is 20.8 Å². The average Bonchev–Trinajstić information content (AvgIpc) is 3.04. The molecule has 1 unspecified atom stereocenters. The third kappa shape index (κ3) is 5.18. The maximum absolute atomic E-state index is 12.6. The minimum atomic E-state index is -0.841. The van der Waals surface area contributed by atoms with Crippen LogP contribution in [0.1, 0.15) is 40.2 Å². The number of nitrogens with zero attached hydrogens (tertiary/aromatic N) is 1. The molecule has 0 aliphatic carbocycles. The van der Waals surface area contributed by atoms with Crippen molar-refractivity contribution in [3.05, 3.63) is 29.8 Å². The van der Waals surface area contributed by atoms with E-state index in [1.54, 1.807) is 40.0 Å². The second-order valence-electron chi connectivity index (χ2n) is 7.80. The molecule has 1 aromatic rings. The Bertz CT molecular complexity index is 763. The van der Waals surface area contributed by atoms with Crippen LogP contribution in [0.15, 0.2) is 24.3 Å². The van der Waals surface area contributed by atoms with Crippen LogP contribution in [0.2, 0.25) is 0 Å². The molecule has 0 fully saturated rings. The number of benzene rings is 1. The van der Waals surface area contributed by atoms with Crippen molar-refractivity contribution < 1.29 is 28.5 Å². The monoisotopic (exact) mass is 391 g/mol. The van der Waals surface area contributed by atoms with E-state index in [0.29, 0.717) is 11.5 Å². The van der Waals surface area contributed by atoms with Crippen molar-refractivity contribution in [2.45, 2.75) is 52.4 Å². The van der Waals surface area contributed by atoms with Crippen molar-refractivity contribution >= 4 is 17.6 Å². The lowest BCUT2D eigenvalue weighted by Crippen LogP contribution is -2.44. The molecule has 1 aliphatic heterocycles. The molecule has 28 heavy (non-hydrogen) atoms. The molecule has 154 valence electrons. The molecule has 0 saturated carbocycles. The summed E-state index contributed by atoms with van der Waals surface area (Å²) in [6, 6.07) is 4.67. The number of hydrogen-bond donors (Lipinski definition) is 0. The van der Waals surface area contributed by atoms with Gasteiger partial charge in [-0.2, -0.15) is 0 Å². The van der Waals surface area contributed by atoms with E-state index in [1.807, 2.05) is 26.0 Å². The second-order valence-corrected chi connectivity index (χ2v) is 7.80. The molecule has 0 N–H and O–H groups in total. The zero-order chi connectivity index (χ0) is 21.1. The third-order valence-electron chi connectivity index (χ3n) is 4.00. The van der Waals surface area contributed by atoms with Gasteiger partial charge in [-0.1, -0.05) is 6.07 Å². The first-order valence-electron chi connectivity index (χ1n) is 9.19. The molecule has 0 bridgehead atoms. The van der Waals surface area contributed by atoms with Crippen molar-refractivity contribution in [1.82, 2.24) is 4.90 Å². The molecule has 2 rings (SSSR count). The second kappa shape index (κ2) is 8.54. The Labute approximate surface area is 166 Å². The van der Waals surface area contributed by atoms with Crippen molar-refractivity contribution in [3.63, 3.8) is 0 Å². The van der Waals surface area contributed by atoms with Crippen molar-refractivity contribution in [2.24, 2.45) is 0 Å². The van der Waals surface area contributed by atoms with Crippen LogP contribution >= 0.6 is 0 Å². The van der Waals surface area contributed by atoms with Crippen LogP contribution in [0.25, 0.3) is 5.57 Å². The summed E-state index contributed by atoms with van der Waals surface area (Å²) in [6.45, 7) is 9.42. The first-order chi connectivity index (χ1) is 13.1. The number of methoxy groups -OCH3 is 2. The fourth-order valence-corrected chi connectivity index (χ4v) is 2.84. The van der Waals surface area contributed by atoms with Gasteiger partial charge < -0.3 is 18.9 Å². The molecule has 7 nitrogen and oxygen atoms in total. The average molecular weight is 391 g/mol. The van der Waals surface area contributed by atoms with Crippen LogP contribution in [0.3, 0.4) is 0 Å². The van der Waals surface area contributed by atoms with Gasteiger partial charge in [0.15, 0.2) is 17.5 Å². The van der Waals surface area contributed by atoms with Gasteiger partial charge in [-0.05, 0) is 64.0 Å². The normalized spacial score (nSPS) is 16.6. The van der Waals surface area contributed by atoms with E-state index >= 15 is 0 Å². The van der Waals surface area contributed by atoms with E-state index < -0.39 is 23.7 Å². The van der Waals surface area contributed by atoms with Gasteiger partial charge >= 0.3 is 12.1 Å². The van der Waals surface area contributed by atoms with Crippen molar-refractivity contribution in [1.29, 1.82) is 0 Å². The van der Waals surface area contributed by atoms with Crippen molar-refractivity contribution in [3.8, 4) is 11.5 Å². The molecule has 1 aliphatic rings. The molecule has 0 spiro atoms. The number of carbonyl (C=O) groups is 2. The number of esters is 1. The van der Waals surface area contributed by atoms with E-state index in [0.717, 1.165) is 11.1 Å². The number of rotatable bonds is 5. The summed E-state index contributed by atoms with van der Waals surface area (Å²) in [5.41, 5.74) is 0.966. The zero-order valence-electron chi connectivity index (χ0n) is 17.6. The van der Waals surface area contributed by atoms with Crippen LogP contribution in [0.4, 0.5) is 4.79 Å². The number of ether oxygens (including phenoxy) is 4. The lowest BCUT2D eigenvalue weighted by atomic mass is 10.1. The van der Waals surface area contributed by atoms with Crippen LogP contribution < -0.4 is 9.47 Å². The predicted molar refractivity (Wildman–Crippen MR) is 105 cm³/mol. The van der Waals surface area contributed by atoms with Crippen LogP contribution in [-0.4, -0.2) is 55.5 Å². The summed E-state index contributed by atoms with van der Waals surface area (Å²) in [4.78, 5) is 26.2. The lowest BCUT2D eigenvalue weighted by molar-refractivity contribution is -0.144. The smallest absolute Gasteiger partial charge is 0.411 e. The first kappa shape index (κ1) is 21.6. The lowest BCUT2D eigenvalue weighted by Gasteiger charge is -2.27. The molecule has 7 heteroatoms. The molecule has 0 saturated heterocycles. The van der Waals surface area contributed by atoms with E-state index in [2.05, 4.69) is 0 Å². The molecule has 1 heterocycles.